The van der Waals surface area contributed by atoms with Crippen molar-refractivity contribution in [1.29, 1.82) is 0 Å². The van der Waals surface area contributed by atoms with Gasteiger partial charge in [0.2, 0.25) is 0 Å². The van der Waals surface area contributed by atoms with Crippen molar-refractivity contribution in [2.75, 3.05) is 0 Å². The maximum atomic E-state index is 12.6. The number of aromatic nitrogens is 4. The first-order valence-electron chi connectivity index (χ1n) is 6.47. The second kappa shape index (κ2) is 5.14. The fraction of sp³-hybridized carbons (Fsp3) is 0.133. The van der Waals surface area contributed by atoms with Gasteiger partial charge in [-0.3, -0.25) is 9.89 Å². The highest BCUT2D eigenvalue weighted by atomic mass is 32.1. The third-order valence-corrected chi connectivity index (χ3v) is 3.86. The van der Waals surface area contributed by atoms with Gasteiger partial charge in [0.15, 0.2) is 10.6 Å². The van der Waals surface area contributed by atoms with Crippen LogP contribution in [0.2, 0.25) is 0 Å². The lowest BCUT2D eigenvalue weighted by Crippen LogP contribution is -2.21. The molecule has 0 aliphatic rings. The third kappa shape index (κ3) is 2.23. The summed E-state index contributed by atoms with van der Waals surface area (Å²) in [6.45, 7) is 0. The molecule has 5 nitrogen and oxygen atoms in total. The Balaban J connectivity index is 2.20. The lowest BCUT2D eigenvalue weighted by molar-refractivity contribution is 0.857. The van der Waals surface area contributed by atoms with Crippen molar-refractivity contribution in [1.82, 2.24) is 19.3 Å². The van der Waals surface area contributed by atoms with E-state index in [1.54, 1.807) is 29.3 Å². The molecule has 2 heterocycles. The van der Waals surface area contributed by atoms with Crippen LogP contribution in [0.25, 0.3) is 22.6 Å². The number of aromatic amines is 1. The van der Waals surface area contributed by atoms with E-state index in [-0.39, 0.29) is 5.56 Å². The Hall–Kier alpha value is -2.47. The van der Waals surface area contributed by atoms with E-state index >= 15 is 0 Å². The average Bonchev–Trinajstić information content (AvgIpc) is 2.83. The van der Waals surface area contributed by atoms with Gasteiger partial charge < -0.3 is 9.13 Å². The van der Waals surface area contributed by atoms with E-state index in [2.05, 4.69) is 10.2 Å². The highest BCUT2D eigenvalue weighted by molar-refractivity contribution is 7.71. The normalized spacial score (nSPS) is 10.8. The van der Waals surface area contributed by atoms with Crippen molar-refractivity contribution in [3.05, 3.63) is 57.6 Å². The number of hydrogen-bond acceptors (Lipinski definition) is 3. The maximum absolute atomic E-state index is 12.6. The second-order valence-corrected chi connectivity index (χ2v) is 5.16. The Morgan fingerprint density at radius 2 is 1.76 bits per heavy atom. The van der Waals surface area contributed by atoms with Crippen LogP contribution >= 0.6 is 12.2 Å². The zero-order valence-electron chi connectivity index (χ0n) is 11.7. The number of H-pyrrole nitrogens is 1. The SMILES string of the molecule is Cn1c(-c2ccc(-c3ccccc3)n(C)c2=O)n[nH]c1=S. The molecule has 0 unspecified atom stereocenters. The summed E-state index contributed by atoms with van der Waals surface area (Å²) >= 11 is 5.09. The van der Waals surface area contributed by atoms with Crippen molar-refractivity contribution < 1.29 is 0 Å². The van der Waals surface area contributed by atoms with Crippen LogP contribution in [0.5, 0.6) is 0 Å². The van der Waals surface area contributed by atoms with Gasteiger partial charge in [-0.15, -0.1) is 0 Å². The largest absolute Gasteiger partial charge is 0.311 e. The minimum absolute atomic E-state index is 0.103. The first-order chi connectivity index (χ1) is 10.1. The highest BCUT2D eigenvalue weighted by Gasteiger charge is 2.13. The molecule has 1 N–H and O–H groups in total. The van der Waals surface area contributed by atoms with Gasteiger partial charge in [-0.25, -0.2) is 0 Å². The molecule has 0 bridgehead atoms. The summed E-state index contributed by atoms with van der Waals surface area (Å²) in [5.41, 5.74) is 2.28. The van der Waals surface area contributed by atoms with Crippen LogP contribution in [0, 0.1) is 4.77 Å². The third-order valence-electron chi connectivity index (χ3n) is 3.49. The van der Waals surface area contributed by atoms with Gasteiger partial charge in [0, 0.05) is 14.1 Å². The number of rotatable bonds is 2. The Bertz CT molecular complexity index is 905. The molecule has 0 amide bonds. The fourth-order valence-electron chi connectivity index (χ4n) is 2.29. The molecular weight excluding hydrogens is 284 g/mol. The predicted octanol–water partition coefficient (Wildman–Crippen LogP) is 2.51. The number of nitrogens with one attached hydrogen (secondary N) is 1. The highest BCUT2D eigenvalue weighted by Crippen LogP contribution is 2.19. The standard InChI is InChI=1S/C15H14N4OS/c1-18-12(10-6-4-3-5-7-10)9-8-11(14(18)20)13-16-17-15(21)19(13)2/h3-9H,1-2H3,(H,17,21). The van der Waals surface area contributed by atoms with E-state index in [1.165, 1.54) is 0 Å². The van der Waals surface area contributed by atoms with Crippen LogP contribution in [0.15, 0.2) is 47.3 Å². The van der Waals surface area contributed by atoms with E-state index in [0.29, 0.717) is 16.2 Å². The smallest absolute Gasteiger partial charge is 0.261 e. The summed E-state index contributed by atoms with van der Waals surface area (Å²) in [5, 5.41) is 6.82. The predicted molar refractivity (Wildman–Crippen MR) is 84.5 cm³/mol. The van der Waals surface area contributed by atoms with Gasteiger partial charge in [-0.05, 0) is 29.9 Å². The molecule has 0 radical (unpaired) electrons. The quantitative estimate of drug-likeness (QED) is 0.740. The van der Waals surface area contributed by atoms with Gasteiger partial charge >= 0.3 is 0 Å². The van der Waals surface area contributed by atoms with Crippen LogP contribution in [0.1, 0.15) is 0 Å². The fourth-order valence-corrected chi connectivity index (χ4v) is 2.42. The topological polar surface area (TPSA) is 55.6 Å². The molecule has 0 saturated carbocycles. The molecule has 3 rings (SSSR count). The van der Waals surface area contributed by atoms with Crippen LogP contribution in [0.3, 0.4) is 0 Å². The van der Waals surface area contributed by atoms with E-state index in [9.17, 15) is 4.79 Å². The van der Waals surface area contributed by atoms with E-state index in [1.807, 2.05) is 36.4 Å². The molecule has 0 fully saturated rings. The van der Waals surface area contributed by atoms with Crippen LogP contribution in [-0.4, -0.2) is 19.3 Å². The number of pyridine rings is 1. The maximum Gasteiger partial charge on any atom is 0.261 e. The molecule has 0 spiro atoms. The lowest BCUT2D eigenvalue weighted by atomic mass is 10.1. The molecule has 0 aliphatic heterocycles. The van der Waals surface area contributed by atoms with Crippen LogP contribution < -0.4 is 5.56 Å². The molecule has 0 atom stereocenters. The summed E-state index contributed by atoms with van der Waals surface area (Å²) < 4.78 is 3.80. The molecule has 0 saturated heterocycles. The minimum atomic E-state index is -0.103. The Morgan fingerprint density at radius 1 is 1.05 bits per heavy atom. The zero-order valence-corrected chi connectivity index (χ0v) is 12.5. The van der Waals surface area contributed by atoms with Gasteiger partial charge in [-0.2, -0.15) is 5.10 Å². The summed E-state index contributed by atoms with van der Waals surface area (Å²) in [6, 6.07) is 13.5. The molecule has 21 heavy (non-hydrogen) atoms. The van der Waals surface area contributed by atoms with Gasteiger partial charge in [0.05, 0.1) is 11.3 Å². The van der Waals surface area contributed by atoms with Crippen LogP contribution in [0.4, 0.5) is 0 Å². The van der Waals surface area contributed by atoms with E-state index < -0.39 is 0 Å². The monoisotopic (exact) mass is 298 g/mol. The summed E-state index contributed by atoms with van der Waals surface area (Å²) in [7, 11) is 3.54. The van der Waals surface area contributed by atoms with Crippen molar-refractivity contribution in [2.24, 2.45) is 14.1 Å². The van der Waals surface area contributed by atoms with Crippen molar-refractivity contribution in [3.63, 3.8) is 0 Å². The van der Waals surface area contributed by atoms with Gasteiger partial charge in [0.25, 0.3) is 5.56 Å². The van der Waals surface area contributed by atoms with Crippen molar-refractivity contribution in [3.8, 4) is 22.6 Å². The average molecular weight is 298 g/mol. The van der Waals surface area contributed by atoms with E-state index in [0.717, 1.165) is 11.3 Å². The molecule has 6 heteroatoms. The molecule has 3 aromatic rings. The second-order valence-electron chi connectivity index (χ2n) is 4.77. The first kappa shape index (κ1) is 13.5. The Kier molecular flexibility index (Phi) is 3.31. The summed E-state index contributed by atoms with van der Waals surface area (Å²) in [6.07, 6.45) is 0. The van der Waals surface area contributed by atoms with Crippen LogP contribution in [-0.2, 0) is 14.1 Å². The minimum Gasteiger partial charge on any atom is -0.311 e. The molecule has 2 aromatic heterocycles. The lowest BCUT2D eigenvalue weighted by Gasteiger charge is -2.10. The van der Waals surface area contributed by atoms with Gasteiger partial charge in [0.1, 0.15) is 0 Å². The molecule has 106 valence electrons. The first-order valence-corrected chi connectivity index (χ1v) is 6.87. The summed E-state index contributed by atoms with van der Waals surface area (Å²) in [4.78, 5) is 12.6. The zero-order chi connectivity index (χ0) is 15.0. The van der Waals surface area contributed by atoms with E-state index in [4.69, 9.17) is 12.2 Å². The van der Waals surface area contributed by atoms with Gasteiger partial charge in [-0.1, -0.05) is 30.3 Å². The summed E-state index contributed by atoms with van der Waals surface area (Å²) in [5.74, 6) is 0.542. The molecule has 1 aromatic carbocycles. The number of hydrogen-bond donors (Lipinski definition) is 1. The van der Waals surface area contributed by atoms with Crippen molar-refractivity contribution >= 4 is 12.2 Å². The Labute approximate surface area is 126 Å². The number of benzene rings is 1. The molecular formula is C15H14N4OS. The molecule has 0 aliphatic carbocycles. The van der Waals surface area contributed by atoms with Crippen molar-refractivity contribution in [2.45, 2.75) is 0 Å². The Morgan fingerprint density at radius 3 is 2.38 bits per heavy atom. The number of nitrogens with zero attached hydrogens (tertiary/aromatic N) is 3.